The first kappa shape index (κ1) is 24.2. The van der Waals surface area contributed by atoms with Crippen molar-refractivity contribution >= 4 is 63.5 Å². The summed E-state index contributed by atoms with van der Waals surface area (Å²) in [6.45, 7) is 6.08. The molecule has 3 aromatic carbocycles. The van der Waals surface area contributed by atoms with E-state index in [1.165, 1.54) is 11.8 Å². The molecule has 1 aliphatic heterocycles. The predicted octanol–water partition coefficient (Wildman–Crippen LogP) is 7.52. The zero-order valence-corrected chi connectivity index (χ0v) is 21.1. The number of hydrogen-bond acceptors (Lipinski definition) is 5. The molecule has 1 N–H and O–H groups in total. The number of hydrogen-bond donors (Lipinski definition) is 1. The van der Waals surface area contributed by atoms with Gasteiger partial charge in [-0.3, -0.25) is 9.69 Å². The molecular formula is C26H22Cl2N2O3S. The summed E-state index contributed by atoms with van der Waals surface area (Å²) in [7, 11) is 0. The minimum atomic E-state index is -0.229. The Bertz CT molecular complexity index is 1340. The first-order valence-corrected chi connectivity index (χ1v) is 12.1. The molecule has 1 aliphatic rings. The van der Waals surface area contributed by atoms with Crippen molar-refractivity contribution < 1.29 is 14.6 Å². The largest absolute Gasteiger partial charge is 0.504 e. The Balaban J connectivity index is 1.79. The summed E-state index contributed by atoms with van der Waals surface area (Å²) >= 11 is 13.9. The quantitative estimate of drug-likeness (QED) is 0.359. The molecule has 1 fully saturated rings. The van der Waals surface area contributed by atoms with Gasteiger partial charge in [-0.2, -0.15) is 0 Å². The monoisotopic (exact) mass is 512 g/mol. The molecule has 8 heteroatoms. The Kier molecular flexibility index (Phi) is 7.22. The smallest absolute Gasteiger partial charge is 0.271 e. The van der Waals surface area contributed by atoms with Crippen molar-refractivity contribution in [2.45, 2.75) is 20.8 Å². The fourth-order valence-electron chi connectivity index (χ4n) is 3.30. The number of phenolic OH excluding ortho intramolecular Hbond substituents is 1. The second kappa shape index (κ2) is 10.1. The summed E-state index contributed by atoms with van der Waals surface area (Å²) in [5, 5.41) is 11.6. The van der Waals surface area contributed by atoms with E-state index in [1.54, 1.807) is 41.3 Å². The SMILES string of the molecule is CCOc1cc(/C=C2/SC(=Nc3ccc(C)c(Cl)c3)N(c3ccc(C)c(Cl)c3)C2=O)ccc1O. The Morgan fingerprint density at radius 2 is 1.74 bits per heavy atom. The molecule has 0 saturated carbocycles. The minimum absolute atomic E-state index is 0.0452. The minimum Gasteiger partial charge on any atom is -0.504 e. The highest BCUT2D eigenvalue weighted by atomic mass is 35.5. The van der Waals surface area contributed by atoms with Crippen molar-refractivity contribution in [3.8, 4) is 11.5 Å². The number of amidine groups is 1. The number of halogens is 2. The standard InChI is InChI=1S/C26H22Cl2N2O3S/c1-4-33-23-11-17(7-10-22(23)31)12-24-25(32)30(19-9-6-16(3)21(28)14-19)26(34-24)29-18-8-5-15(2)20(27)13-18/h5-14,31H,4H2,1-3H3/b24-12+,29-26?. The maximum atomic E-state index is 13.5. The van der Waals surface area contributed by atoms with Gasteiger partial charge in [-0.25, -0.2) is 4.99 Å². The number of aryl methyl sites for hydroxylation is 2. The fraction of sp³-hybridized carbons (Fsp3) is 0.154. The van der Waals surface area contributed by atoms with Crippen molar-refractivity contribution in [2.75, 3.05) is 11.5 Å². The number of carbonyl (C=O) groups is 1. The van der Waals surface area contributed by atoms with E-state index in [2.05, 4.69) is 0 Å². The number of phenols is 1. The van der Waals surface area contributed by atoms with E-state index < -0.39 is 0 Å². The number of nitrogens with zero attached hydrogens (tertiary/aromatic N) is 2. The molecule has 0 aromatic heterocycles. The van der Waals surface area contributed by atoms with Crippen molar-refractivity contribution in [2.24, 2.45) is 4.99 Å². The van der Waals surface area contributed by atoms with Crippen LogP contribution in [0.2, 0.25) is 10.0 Å². The molecule has 0 atom stereocenters. The number of rotatable bonds is 5. The summed E-state index contributed by atoms with van der Waals surface area (Å²) in [5.41, 5.74) is 3.84. The van der Waals surface area contributed by atoms with E-state index in [9.17, 15) is 9.90 Å². The van der Waals surface area contributed by atoms with Crippen LogP contribution in [0.3, 0.4) is 0 Å². The van der Waals surface area contributed by atoms with Gasteiger partial charge < -0.3 is 9.84 Å². The molecule has 5 nitrogen and oxygen atoms in total. The van der Waals surface area contributed by atoms with Crippen LogP contribution in [0.4, 0.5) is 11.4 Å². The van der Waals surface area contributed by atoms with Gasteiger partial charge in [0.15, 0.2) is 16.7 Å². The third-order valence-corrected chi connectivity index (χ3v) is 6.96. The van der Waals surface area contributed by atoms with Crippen LogP contribution in [0, 0.1) is 13.8 Å². The van der Waals surface area contributed by atoms with Crippen LogP contribution in [0.1, 0.15) is 23.6 Å². The second-order valence-corrected chi connectivity index (χ2v) is 9.50. The zero-order chi connectivity index (χ0) is 24.4. The van der Waals surface area contributed by atoms with E-state index in [0.29, 0.717) is 43.8 Å². The summed E-state index contributed by atoms with van der Waals surface area (Å²) in [4.78, 5) is 20.3. The molecule has 3 aromatic rings. The number of anilines is 1. The van der Waals surface area contributed by atoms with Crippen LogP contribution in [-0.2, 0) is 4.79 Å². The van der Waals surface area contributed by atoms with Crippen LogP contribution < -0.4 is 9.64 Å². The van der Waals surface area contributed by atoms with E-state index in [-0.39, 0.29) is 11.7 Å². The van der Waals surface area contributed by atoms with Gasteiger partial charge in [0.25, 0.3) is 5.91 Å². The lowest BCUT2D eigenvalue weighted by atomic mass is 10.1. The van der Waals surface area contributed by atoms with Crippen molar-refractivity contribution in [3.63, 3.8) is 0 Å². The van der Waals surface area contributed by atoms with Crippen LogP contribution in [0.15, 0.2) is 64.5 Å². The average Bonchev–Trinajstić information content (AvgIpc) is 3.09. The summed E-state index contributed by atoms with van der Waals surface area (Å²) < 4.78 is 5.47. The molecule has 1 saturated heterocycles. The van der Waals surface area contributed by atoms with Gasteiger partial charge in [-0.15, -0.1) is 0 Å². The number of amides is 1. The van der Waals surface area contributed by atoms with Crippen LogP contribution in [-0.4, -0.2) is 22.8 Å². The highest BCUT2D eigenvalue weighted by molar-refractivity contribution is 8.19. The lowest BCUT2D eigenvalue weighted by Crippen LogP contribution is -2.28. The molecule has 174 valence electrons. The summed E-state index contributed by atoms with van der Waals surface area (Å²) in [6, 6.07) is 15.9. The van der Waals surface area contributed by atoms with Gasteiger partial charge in [0.05, 0.1) is 22.9 Å². The first-order chi connectivity index (χ1) is 16.3. The molecular weight excluding hydrogens is 491 g/mol. The molecule has 0 unspecified atom stereocenters. The van der Waals surface area contributed by atoms with E-state index in [1.807, 2.05) is 45.0 Å². The Hall–Kier alpha value is -2.93. The number of aliphatic imine (C=N–C) groups is 1. The molecule has 0 radical (unpaired) electrons. The van der Waals surface area contributed by atoms with Gasteiger partial charge in [-0.05, 0) is 91.7 Å². The first-order valence-electron chi connectivity index (χ1n) is 10.6. The van der Waals surface area contributed by atoms with Gasteiger partial charge in [0.2, 0.25) is 0 Å². The Morgan fingerprint density at radius 1 is 1.03 bits per heavy atom. The number of carbonyl (C=O) groups excluding carboxylic acids is 1. The molecule has 1 heterocycles. The molecule has 4 rings (SSSR count). The van der Waals surface area contributed by atoms with E-state index >= 15 is 0 Å². The number of aromatic hydroxyl groups is 1. The predicted molar refractivity (Wildman–Crippen MR) is 142 cm³/mol. The highest BCUT2D eigenvalue weighted by Gasteiger charge is 2.35. The second-order valence-electron chi connectivity index (χ2n) is 7.67. The molecule has 0 spiro atoms. The van der Waals surface area contributed by atoms with Crippen LogP contribution >= 0.6 is 35.0 Å². The third-order valence-electron chi connectivity index (χ3n) is 5.18. The average molecular weight is 513 g/mol. The van der Waals surface area contributed by atoms with Crippen molar-refractivity contribution in [1.82, 2.24) is 0 Å². The fourth-order valence-corrected chi connectivity index (χ4v) is 4.65. The Labute approximate surface area is 212 Å². The lowest BCUT2D eigenvalue weighted by Gasteiger charge is -2.16. The Morgan fingerprint density at radius 3 is 2.41 bits per heavy atom. The molecule has 0 bridgehead atoms. The van der Waals surface area contributed by atoms with Crippen LogP contribution in [0.25, 0.3) is 6.08 Å². The zero-order valence-electron chi connectivity index (χ0n) is 18.8. The van der Waals surface area contributed by atoms with E-state index in [0.717, 1.165) is 16.7 Å². The lowest BCUT2D eigenvalue weighted by molar-refractivity contribution is -0.113. The van der Waals surface area contributed by atoms with Crippen LogP contribution in [0.5, 0.6) is 11.5 Å². The summed E-state index contributed by atoms with van der Waals surface area (Å²) in [5.74, 6) is 0.175. The number of ether oxygens (including phenoxy) is 1. The topological polar surface area (TPSA) is 62.1 Å². The van der Waals surface area contributed by atoms with Gasteiger partial charge >= 0.3 is 0 Å². The van der Waals surface area contributed by atoms with Gasteiger partial charge in [0, 0.05) is 10.0 Å². The normalized spacial score (nSPS) is 16.0. The molecule has 0 aliphatic carbocycles. The highest BCUT2D eigenvalue weighted by Crippen LogP contribution is 2.39. The maximum absolute atomic E-state index is 13.5. The molecule has 1 amide bonds. The van der Waals surface area contributed by atoms with Crippen molar-refractivity contribution in [1.29, 1.82) is 0 Å². The maximum Gasteiger partial charge on any atom is 0.271 e. The van der Waals surface area contributed by atoms with E-state index in [4.69, 9.17) is 32.9 Å². The van der Waals surface area contributed by atoms with Crippen molar-refractivity contribution in [3.05, 3.63) is 86.2 Å². The molecule has 34 heavy (non-hydrogen) atoms. The van der Waals surface area contributed by atoms with Gasteiger partial charge in [0.1, 0.15) is 0 Å². The third kappa shape index (κ3) is 5.09. The number of benzene rings is 3. The van der Waals surface area contributed by atoms with Gasteiger partial charge in [-0.1, -0.05) is 41.4 Å². The number of thioether (sulfide) groups is 1. The summed E-state index contributed by atoms with van der Waals surface area (Å²) in [6.07, 6.45) is 1.75.